The summed E-state index contributed by atoms with van der Waals surface area (Å²) < 4.78 is 11.4. The van der Waals surface area contributed by atoms with E-state index in [0.717, 1.165) is 24.3 Å². The van der Waals surface area contributed by atoms with Crippen molar-refractivity contribution in [2.24, 2.45) is 0 Å². The molecule has 0 aliphatic carbocycles. The molecule has 0 saturated heterocycles. The summed E-state index contributed by atoms with van der Waals surface area (Å²) in [6.07, 6.45) is 0.701. The lowest BCUT2D eigenvalue weighted by atomic mass is 9.87. The van der Waals surface area contributed by atoms with Gasteiger partial charge in [-0.2, -0.15) is 0 Å². The molecular formula is C24H33NO3. The van der Waals surface area contributed by atoms with Gasteiger partial charge in [0, 0.05) is 13.0 Å². The molecule has 0 aliphatic heterocycles. The first kappa shape index (κ1) is 22.0. The Morgan fingerprint density at radius 3 is 2.25 bits per heavy atom. The molecule has 0 heterocycles. The highest BCUT2D eigenvalue weighted by atomic mass is 16.5. The zero-order valence-electron chi connectivity index (χ0n) is 17.8. The number of rotatable bonds is 9. The van der Waals surface area contributed by atoms with Crippen molar-refractivity contribution >= 4 is 5.97 Å². The van der Waals surface area contributed by atoms with Crippen LogP contribution in [0.5, 0.6) is 5.75 Å². The van der Waals surface area contributed by atoms with Crippen LogP contribution >= 0.6 is 0 Å². The van der Waals surface area contributed by atoms with Crippen LogP contribution in [0.1, 0.15) is 51.3 Å². The van der Waals surface area contributed by atoms with Gasteiger partial charge in [0.15, 0.2) is 0 Å². The maximum absolute atomic E-state index is 11.7. The van der Waals surface area contributed by atoms with Gasteiger partial charge >= 0.3 is 5.97 Å². The highest BCUT2D eigenvalue weighted by Gasteiger charge is 2.17. The van der Waals surface area contributed by atoms with Crippen LogP contribution in [-0.4, -0.2) is 37.6 Å². The molecule has 0 N–H and O–H groups in total. The second-order valence-electron chi connectivity index (χ2n) is 8.12. The van der Waals surface area contributed by atoms with Crippen LogP contribution in [0, 0.1) is 0 Å². The normalized spacial score (nSPS) is 12.6. The van der Waals surface area contributed by atoms with Crippen LogP contribution in [0.4, 0.5) is 0 Å². The zero-order valence-corrected chi connectivity index (χ0v) is 17.8. The summed E-state index contributed by atoms with van der Waals surface area (Å²) in [6, 6.07) is 18.6. The average Bonchev–Trinajstić information content (AvgIpc) is 2.65. The lowest BCUT2D eigenvalue weighted by molar-refractivity contribution is -0.144. The molecule has 2 aromatic carbocycles. The number of benzene rings is 2. The molecule has 4 heteroatoms. The molecule has 28 heavy (non-hydrogen) atoms. The Morgan fingerprint density at radius 2 is 1.68 bits per heavy atom. The van der Waals surface area contributed by atoms with Crippen molar-refractivity contribution in [2.45, 2.75) is 45.6 Å². The van der Waals surface area contributed by atoms with E-state index < -0.39 is 0 Å². The molecule has 4 nitrogen and oxygen atoms in total. The largest absolute Gasteiger partial charge is 0.486 e. The molecule has 0 aliphatic rings. The quantitative estimate of drug-likeness (QED) is 0.572. The van der Waals surface area contributed by atoms with E-state index in [2.05, 4.69) is 45.0 Å². The Bertz CT molecular complexity index is 720. The van der Waals surface area contributed by atoms with Gasteiger partial charge in [-0.1, -0.05) is 63.2 Å². The van der Waals surface area contributed by atoms with Crippen molar-refractivity contribution < 1.29 is 14.3 Å². The third-order valence-electron chi connectivity index (χ3n) is 4.65. The van der Waals surface area contributed by atoms with Crippen LogP contribution < -0.4 is 4.74 Å². The molecule has 0 saturated carbocycles. The number of ether oxygens (including phenoxy) is 2. The molecule has 0 aromatic heterocycles. The SMILES string of the molecule is CCOC(=O)CN(C)CC[C@@H](Oc1ccc(C(C)(C)C)cc1)c1ccccc1. The first-order chi connectivity index (χ1) is 13.3. The first-order valence-electron chi connectivity index (χ1n) is 9.96. The standard InChI is InChI=1S/C24H33NO3/c1-6-27-23(26)18-25(5)17-16-22(19-10-8-7-9-11-19)28-21-14-12-20(13-15-21)24(2,3)4/h7-15,22H,6,16-18H2,1-5H3/t22-/m1/s1. The topological polar surface area (TPSA) is 38.8 Å². The number of esters is 1. The van der Waals surface area contributed by atoms with Gasteiger partial charge in [-0.15, -0.1) is 0 Å². The van der Waals surface area contributed by atoms with Gasteiger partial charge in [0.25, 0.3) is 0 Å². The summed E-state index contributed by atoms with van der Waals surface area (Å²) in [5, 5.41) is 0. The Morgan fingerprint density at radius 1 is 1.04 bits per heavy atom. The summed E-state index contributed by atoms with van der Waals surface area (Å²) in [4.78, 5) is 13.6. The molecule has 0 fully saturated rings. The monoisotopic (exact) mass is 383 g/mol. The maximum atomic E-state index is 11.7. The van der Waals surface area contributed by atoms with E-state index in [9.17, 15) is 4.79 Å². The van der Waals surface area contributed by atoms with E-state index in [1.807, 2.05) is 49.2 Å². The molecule has 2 aromatic rings. The van der Waals surface area contributed by atoms with Crippen LogP contribution in [-0.2, 0) is 14.9 Å². The third-order valence-corrected chi connectivity index (χ3v) is 4.65. The van der Waals surface area contributed by atoms with E-state index in [4.69, 9.17) is 9.47 Å². The van der Waals surface area contributed by atoms with Gasteiger partial charge in [-0.05, 0) is 42.6 Å². The number of likely N-dealkylation sites (N-methyl/N-ethyl adjacent to an activating group) is 1. The minimum Gasteiger partial charge on any atom is -0.486 e. The summed E-state index contributed by atoms with van der Waals surface area (Å²) in [7, 11) is 1.93. The molecular weight excluding hydrogens is 350 g/mol. The fourth-order valence-electron chi connectivity index (χ4n) is 3.00. The Kier molecular flexibility index (Phi) is 8.06. The Hall–Kier alpha value is -2.33. The first-order valence-corrected chi connectivity index (χ1v) is 9.96. The second kappa shape index (κ2) is 10.3. The molecule has 0 bridgehead atoms. The number of hydrogen-bond acceptors (Lipinski definition) is 4. The Labute approximate surface area is 169 Å². The summed E-state index contributed by atoms with van der Waals surface area (Å²) in [5.41, 5.74) is 2.53. The van der Waals surface area contributed by atoms with Gasteiger partial charge in [0.05, 0.1) is 13.2 Å². The molecule has 2 rings (SSSR count). The fraction of sp³-hybridized carbons (Fsp3) is 0.458. The van der Waals surface area contributed by atoms with Crippen LogP contribution in [0.3, 0.4) is 0 Å². The Balaban J connectivity index is 2.05. The van der Waals surface area contributed by atoms with Gasteiger partial charge in [-0.25, -0.2) is 0 Å². The molecule has 1 atom stereocenters. The van der Waals surface area contributed by atoms with Crippen molar-refractivity contribution in [1.82, 2.24) is 4.90 Å². The molecule has 0 radical (unpaired) electrons. The fourth-order valence-corrected chi connectivity index (χ4v) is 3.00. The van der Waals surface area contributed by atoms with Crippen molar-refractivity contribution in [3.63, 3.8) is 0 Å². The van der Waals surface area contributed by atoms with E-state index in [1.54, 1.807) is 0 Å². The van der Waals surface area contributed by atoms with Crippen molar-refractivity contribution in [2.75, 3.05) is 26.7 Å². The summed E-state index contributed by atoms with van der Waals surface area (Å²) >= 11 is 0. The van der Waals surface area contributed by atoms with E-state index in [0.29, 0.717) is 6.61 Å². The number of carbonyl (C=O) groups is 1. The summed E-state index contributed by atoms with van der Waals surface area (Å²) in [6.45, 7) is 9.86. The number of nitrogens with zero attached hydrogens (tertiary/aromatic N) is 1. The lowest BCUT2D eigenvalue weighted by Gasteiger charge is -2.24. The van der Waals surface area contributed by atoms with E-state index in [1.165, 1.54) is 5.56 Å². The van der Waals surface area contributed by atoms with Gasteiger partial charge < -0.3 is 9.47 Å². The van der Waals surface area contributed by atoms with Crippen molar-refractivity contribution in [1.29, 1.82) is 0 Å². The maximum Gasteiger partial charge on any atom is 0.320 e. The van der Waals surface area contributed by atoms with Gasteiger partial charge in [0.1, 0.15) is 11.9 Å². The highest BCUT2D eigenvalue weighted by molar-refractivity contribution is 5.71. The predicted molar refractivity (Wildman–Crippen MR) is 114 cm³/mol. The smallest absolute Gasteiger partial charge is 0.320 e. The number of carbonyl (C=O) groups excluding carboxylic acids is 1. The van der Waals surface area contributed by atoms with E-state index >= 15 is 0 Å². The van der Waals surface area contributed by atoms with Crippen LogP contribution in [0.15, 0.2) is 54.6 Å². The second-order valence-corrected chi connectivity index (χ2v) is 8.12. The third kappa shape index (κ3) is 7.01. The van der Waals surface area contributed by atoms with Crippen LogP contribution in [0.25, 0.3) is 0 Å². The molecule has 0 spiro atoms. The lowest BCUT2D eigenvalue weighted by Crippen LogP contribution is -2.29. The predicted octanol–water partition coefficient (Wildman–Crippen LogP) is 4.99. The minimum absolute atomic E-state index is 0.0775. The van der Waals surface area contributed by atoms with Crippen LogP contribution in [0.2, 0.25) is 0 Å². The van der Waals surface area contributed by atoms with E-state index in [-0.39, 0.29) is 24.0 Å². The minimum atomic E-state index is -0.194. The van der Waals surface area contributed by atoms with Gasteiger partial charge in [-0.3, -0.25) is 9.69 Å². The van der Waals surface area contributed by atoms with Gasteiger partial charge in [0.2, 0.25) is 0 Å². The summed E-state index contributed by atoms with van der Waals surface area (Å²) in [5.74, 6) is 0.662. The molecule has 152 valence electrons. The van der Waals surface area contributed by atoms with Crippen molar-refractivity contribution in [3.05, 3.63) is 65.7 Å². The highest BCUT2D eigenvalue weighted by Crippen LogP contribution is 2.28. The average molecular weight is 384 g/mol. The number of hydrogen-bond donors (Lipinski definition) is 0. The zero-order chi connectivity index (χ0) is 20.6. The molecule has 0 amide bonds. The molecule has 0 unspecified atom stereocenters. The van der Waals surface area contributed by atoms with Crippen molar-refractivity contribution in [3.8, 4) is 5.75 Å².